The number of methoxy groups -OCH3 is 1. The van der Waals surface area contributed by atoms with Crippen molar-refractivity contribution in [1.82, 2.24) is 10.2 Å². The predicted octanol–water partition coefficient (Wildman–Crippen LogP) is 6.73. The summed E-state index contributed by atoms with van der Waals surface area (Å²) >= 11 is 0. The van der Waals surface area contributed by atoms with Crippen LogP contribution in [0.5, 0.6) is 5.75 Å². The number of halogens is 3. The third kappa shape index (κ3) is 8.10. The number of rotatable bonds is 14. The van der Waals surface area contributed by atoms with Crippen molar-refractivity contribution >= 4 is 5.82 Å². The van der Waals surface area contributed by atoms with Gasteiger partial charge in [0.25, 0.3) is 0 Å². The normalized spacial score (nSPS) is 12.4. The van der Waals surface area contributed by atoms with Crippen LogP contribution in [0.1, 0.15) is 75.5 Å². The molecule has 1 unspecified atom stereocenters. The van der Waals surface area contributed by atoms with Crippen molar-refractivity contribution in [3.05, 3.63) is 34.9 Å². The Bertz CT molecular complexity index is 990. The molecule has 0 saturated carbocycles. The highest BCUT2D eigenvalue weighted by atomic mass is 19.4. The van der Waals surface area contributed by atoms with Gasteiger partial charge in [-0.05, 0) is 43.4 Å². The number of benzene rings is 1. The summed E-state index contributed by atoms with van der Waals surface area (Å²) in [6.45, 7) is 5.40. The number of hydrogen-bond donors (Lipinski definition) is 2. The Labute approximate surface area is 205 Å². The van der Waals surface area contributed by atoms with E-state index < -0.39 is 17.5 Å². The first-order valence-electron chi connectivity index (χ1n) is 12.2. The van der Waals surface area contributed by atoms with E-state index in [0.717, 1.165) is 25.3 Å². The fourth-order valence-electron chi connectivity index (χ4n) is 4.03. The Balaban J connectivity index is 2.37. The zero-order valence-corrected chi connectivity index (χ0v) is 20.7. The molecule has 0 aliphatic rings. The van der Waals surface area contributed by atoms with Crippen LogP contribution in [0.25, 0.3) is 11.3 Å². The van der Waals surface area contributed by atoms with E-state index in [4.69, 9.17) is 4.74 Å². The number of ether oxygens (including phenoxy) is 1. The minimum absolute atomic E-state index is 0.100. The fourth-order valence-corrected chi connectivity index (χ4v) is 4.03. The SMILES string of the molecule is CCCCCCC(CC)CNc1nnc(-c2ccc(C(F)(F)F)cc2O)c(CCCOC)c1C#N. The lowest BCUT2D eigenvalue weighted by Crippen LogP contribution is -2.17. The summed E-state index contributed by atoms with van der Waals surface area (Å²) in [4.78, 5) is 0. The second kappa shape index (κ2) is 13.9. The molecule has 0 aliphatic heterocycles. The van der Waals surface area contributed by atoms with Gasteiger partial charge in [0.2, 0.25) is 0 Å². The van der Waals surface area contributed by atoms with Crippen LogP contribution in [0.2, 0.25) is 0 Å². The molecule has 2 aromatic rings. The van der Waals surface area contributed by atoms with Gasteiger partial charge in [0.1, 0.15) is 23.1 Å². The van der Waals surface area contributed by atoms with Crippen LogP contribution in [0.15, 0.2) is 18.2 Å². The van der Waals surface area contributed by atoms with Crippen LogP contribution < -0.4 is 5.32 Å². The zero-order valence-electron chi connectivity index (χ0n) is 20.7. The molecule has 1 aromatic carbocycles. The molecule has 0 saturated heterocycles. The Kier molecular flexibility index (Phi) is 11.3. The van der Waals surface area contributed by atoms with Crippen molar-refractivity contribution in [2.45, 2.75) is 71.4 Å². The summed E-state index contributed by atoms with van der Waals surface area (Å²) < 4.78 is 44.3. The number of nitriles is 1. The van der Waals surface area contributed by atoms with Gasteiger partial charge in [-0.25, -0.2) is 0 Å². The van der Waals surface area contributed by atoms with Crippen molar-refractivity contribution in [3.63, 3.8) is 0 Å². The lowest BCUT2D eigenvalue weighted by Gasteiger charge is -2.19. The van der Waals surface area contributed by atoms with Crippen molar-refractivity contribution in [1.29, 1.82) is 5.26 Å². The molecule has 1 aromatic heterocycles. The van der Waals surface area contributed by atoms with E-state index in [-0.39, 0.29) is 16.8 Å². The highest BCUT2D eigenvalue weighted by Crippen LogP contribution is 2.38. The van der Waals surface area contributed by atoms with Gasteiger partial charge in [-0.15, -0.1) is 10.2 Å². The zero-order chi connectivity index (χ0) is 25.8. The van der Waals surface area contributed by atoms with E-state index in [1.165, 1.54) is 25.3 Å². The predicted molar refractivity (Wildman–Crippen MR) is 130 cm³/mol. The number of hydrogen-bond acceptors (Lipinski definition) is 6. The van der Waals surface area contributed by atoms with Crippen molar-refractivity contribution in [2.75, 3.05) is 25.6 Å². The van der Waals surface area contributed by atoms with Crippen molar-refractivity contribution in [3.8, 4) is 23.1 Å². The highest BCUT2D eigenvalue weighted by Gasteiger charge is 2.31. The molecule has 1 heterocycles. The van der Waals surface area contributed by atoms with Crippen LogP contribution >= 0.6 is 0 Å². The molecule has 35 heavy (non-hydrogen) atoms. The summed E-state index contributed by atoms with van der Waals surface area (Å²) in [5.74, 6) is 0.211. The van der Waals surface area contributed by atoms with E-state index >= 15 is 0 Å². The number of alkyl halides is 3. The van der Waals surface area contributed by atoms with Gasteiger partial charge in [0.05, 0.1) is 5.56 Å². The molecule has 2 N–H and O–H groups in total. The number of aromatic hydroxyl groups is 1. The van der Waals surface area contributed by atoms with Crippen molar-refractivity contribution in [2.24, 2.45) is 5.92 Å². The average molecular weight is 493 g/mol. The summed E-state index contributed by atoms with van der Waals surface area (Å²) in [6.07, 6.45) is 3.21. The van der Waals surface area contributed by atoms with E-state index in [1.807, 2.05) is 0 Å². The molecule has 192 valence electrons. The first-order chi connectivity index (χ1) is 16.8. The van der Waals surface area contributed by atoms with Crippen LogP contribution in [0.3, 0.4) is 0 Å². The molecule has 0 amide bonds. The third-order valence-corrected chi connectivity index (χ3v) is 6.14. The number of aromatic nitrogens is 2. The first-order valence-corrected chi connectivity index (χ1v) is 12.2. The molecule has 2 rings (SSSR count). The maximum atomic E-state index is 13.0. The largest absolute Gasteiger partial charge is 0.507 e. The highest BCUT2D eigenvalue weighted by molar-refractivity contribution is 5.74. The van der Waals surface area contributed by atoms with E-state index in [0.29, 0.717) is 49.4 Å². The minimum Gasteiger partial charge on any atom is -0.507 e. The third-order valence-electron chi connectivity index (χ3n) is 6.14. The van der Waals surface area contributed by atoms with Gasteiger partial charge in [0.15, 0.2) is 5.82 Å². The van der Waals surface area contributed by atoms with Gasteiger partial charge in [-0.2, -0.15) is 18.4 Å². The smallest absolute Gasteiger partial charge is 0.416 e. The second-order valence-electron chi connectivity index (χ2n) is 8.69. The maximum absolute atomic E-state index is 13.0. The number of phenols is 1. The van der Waals surface area contributed by atoms with E-state index in [1.54, 1.807) is 7.11 Å². The Hall–Kier alpha value is -2.86. The summed E-state index contributed by atoms with van der Waals surface area (Å²) in [7, 11) is 1.57. The van der Waals surface area contributed by atoms with Crippen molar-refractivity contribution < 1.29 is 23.0 Å². The Morgan fingerprint density at radius 2 is 1.91 bits per heavy atom. The summed E-state index contributed by atoms with van der Waals surface area (Å²) in [6, 6.07) is 4.91. The molecular weight excluding hydrogens is 457 g/mol. The van der Waals surface area contributed by atoms with E-state index in [9.17, 15) is 23.5 Å². The number of unbranched alkanes of at least 4 members (excludes halogenated alkanes) is 3. The number of anilines is 1. The van der Waals surface area contributed by atoms with Gasteiger partial charge in [-0.1, -0.05) is 46.0 Å². The molecular formula is C26H35F3N4O2. The first kappa shape index (κ1) is 28.4. The molecule has 9 heteroatoms. The van der Waals surface area contributed by atoms with Gasteiger partial charge < -0.3 is 15.2 Å². The minimum atomic E-state index is -4.58. The Morgan fingerprint density at radius 1 is 1.14 bits per heavy atom. The molecule has 0 bridgehead atoms. The van der Waals surface area contributed by atoms with Crippen LogP contribution in [-0.2, 0) is 17.3 Å². The lowest BCUT2D eigenvalue weighted by atomic mass is 9.96. The molecule has 1 atom stereocenters. The van der Waals surface area contributed by atoms with Gasteiger partial charge in [0, 0.05) is 31.4 Å². The maximum Gasteiger partial charge on any atom is 0.416 e. The molecule has 0 radical (unpaired) electrons. The number of phenolic OH excluding ortho intramolecular Hbond substituents is 1. The van der Waals surface area contributed by atoms with Crippen LogP contribution in [0.4, 0.5) is 19.0 Å². The van der Waals surface area contributed by atoms with E-state index in [2.05, 4.69) is 35.4 Å². The Morgan fingerprint density at radius 3 is 2.51 bits per heavy atom. The molecule has 0 aliphatic carbocycles. The molecule has 6 nitrogen and oxygen atoms in total. The summed E-state index contributed by atoms with van der Waals surface area (Å²) in [5, 5.41) is 32.0. The number of nitrogens with zero attached hydrogens (tertiary/aromatic N) is 3. The average Bonchev–Trinajstić information content (AvgIpc) is 2.83. The fraction of sp³-hybridized carbons (Fsp3) is 0.577. The standard InChI is InChI=1S/C26H35F3N4O2/c1-4-6-7-8-10-18(5-2)17-31-25-22(16-30)20(11-9-14-35-3)24(32-33-25)21-13-12-19(15-23(21)34)26(27,28)29/h12-13,15,18,34H,4-11,14,17H2,1-3H3,(H,31,33). The molecule has 0 spiro atoms. The van der Waals surface area contributed by atoms with Gasteiger partial charge >= 0.3 is 6.18 Å². The lowest BCUT2D eigenvalue weighted by molar-refractivity contribution is -0.137. The van der Waals surface area contributed by atoms with Crippen LogP contribution in [-0.4, -0.2) is 35.6 Å². The van der Waals surface area contributed by atoms with Crippen LogP contribution in [0, 0.1) is 17.2 Å². The monoisotopic (exact) mass is 492 g/mol. The summed E-state index contributed by atoms with van der Waals surface area (Å²) in [5.41, 5.74) is 0.139. The quantitative estimate of drug-likeness (QED) is 0.284. The second-order valence-corrected chi connectivity index (χ2v) is 8.69. The number of nitrogens with one attached hydrogen (secondary N) is 1. The molecule has 0 fully saturated rings. The van der Waals surface area contributed by atoms with Gasteiger partial charge in [-0.3, -0.25) is 0 Å². The topological polar surface area (TPSA) is 91.1 Å².